The first-order valence-electron chi connectivity index (χ1n) is 3.02. The lowest BCUT2D eigenvalue weighted by atomic mass is 10.4. The van der Waals surface area contributed by atoms with Crippen molar-refractivity contribution in [3.8, 4) is 17.9 Å². The molecule has 0 fully saturated rings. The zero-order valence-electron chi connectivity index (χ0n) is 6.00. The number of hydrogen-bond acceptors (Lipinski definition) is 3. The molecule has 0 saturated carbocycles. The van der Waals surface area contributed by atoms with Crippen LogP contribution in [0.25, 0.3) is 0 Å². The van der Waals surface area contributed by atoms with E-state index in [1.165, 1.54) is 0 Å². The Balaban J connectivity index is 2.99. The maximum Gasteiger partial charge on any atom is 0.206 e. The summed E-state index contributed by atoms with van der Waals surface area (Å²) in [5.74, 6) is 5.12. The van der Waals surface area contributed by atoms with Gasteiger partial charge >= 0.3 is 0 Å². The van der Waals surface area contributed by atoms with Crippen LogP contribution in [-0.2, 0) is 0 Å². The Hall–Kier alpha value is -1.87. The third-order valence-electron chi connectivity index (χ3n) is 1.03. The van der Waals surface area contributed by atoms with Crippen LogP contribution in [0.15, 0.2) is 12.3 Å². The third kappa shape index (κ3) is 2.08. The highest BCUT2D eigenvalue weighted by Crippen LogP contribution is 1.90. The van der Waals surface area contributed by atoms with E-state index < -0.39 is 0 Å². The Morgan fingerprint density at radius 3 is 3.00 bits per heavy atom. The van der Waals surface area contributed by atoms with Gasteiger partial charge < -0.3 is 0 Å². The molecule has 0 aromatic carbocycles. The highest BCUT2D eigenvalue weighted by molar-refractivity contribution is 5.28. The van der Waals surface area contributed by atoms with E-state index in [0.717, 1.165) is 5.69 Å². The summed E-state index contributed by atoms with van der Waals surface area (Å²) in [6.07, 6.45) is 1.61. The van der Waals surface area contributed by atoms with Crippen molar-refractivity contribution in [1.82, 2.24) is 9.97 Å². The maximum atomic E-state index is 8.12. The van der Waals surface area contributed by atoms with Crippen molar-refractivity contribution in [3.63, 3.8) is 0 Å². The molecule has 0 aliphatic rings. The second kappa shape index (κ2) is 3.34. The number of aryl methyl sites for hydroxylation is 1. The quantitative estimate of drug-likeness (QED) is 0.501. The minimum atomic E-state index is 0.395. The monoisotopic (exact) mass is 143 g/mol. The van der Waals surface area contributed by atoms with Crippen molar-refractivity contribution < 1.29 is 0 Å². The van der Waals surface area contributed by atoms with Crippen molar-refractivity contribution in [3.05, 3.63) is 23.8 Å². The Labute approximate surface area is 64.7 Å². The van der Waals surface area contributed by atoms with Crippen molar-refractivity contribution in [2.45, 2.75) is 6.92 Å². The molecule has 0 bridgehead atoms. The van der Waals surface area contributed by atoms with Crippen molar-refractivity contribution >= 4 is 0 Å². The third-order valence-corrected chi connectivity index (χ3v) is 1.03. The van der Waals surface area contributed by atoms with Gasteiger partial charge in [0.15, 0.2) is 6.07 Å². The molecule has 1 rings (SSSR count). The van der Waals surface area contributed by atoms with E-state index in [0.29, 0.717) is 5.82 Å². The van der Waals surface area contributed by atoms with Gasteiger partial charge in [-0.3, -0.25) is 0 Å². The Morgan fingerprint density at radius 2 is 2.36 bits per heavy atom. The molecule has 0 atom stereocenters. The van der Waals surface area contributed by atoms with E-state index >= 15 is 0 Å². The molecular weight excluding hydrogens is 138 g/mol. The Bertz CT molecular complexity index is 352. The fourth-order valence-corrected chi connectivity index (χ4v) is 0.593. The van der Waals surface area contributed by atoms with Gasteiger partial charge in [-0.1, -0.05) is 0 Å². The first-order chi connectivity index (χ1) is 5.33. The molecule has 52 valence electrons. The molecule has 11 heavy (non-hydrogen) atoms. The first-order valence-corrected chi connectivity index (χ1v) is 3.02. The van der Waals surface area contributed by atoms with Crippen molar-refractivity contribution in [2.24, 2.45) is 0 Å². The minimum absolute atomic E-state index is 0.395. The van der Waals surface area contributed by atoms with Gasteiger partial charge in [0, 0.05) is 17.8 Å². The van der Waals surface area contributed by atoms with E-state index in [-0.39, 0.29) is 0 Å². The molecule has 0 N–H and O–H groups in total. The molecule has 1 aromatic heterocycles. The molecule has 0 aliphatic carbocycles. The zero-order valence-corrected chi connectivity index (χ0v) is 6.00. The number of nitriles is 1. The molecule has 0 aliphatic heterocycles. The van der Waals surface area contributed by atoms with Crippen LogP contribution in [0.1, 0.15) is 11.5 Å². The lowest BCUT2D eigenvalue weighted by Gasteiger charge is -1.88. The second-order valence-electron chi connectivity index (χ2n) is 1.88. The molecule has 1 heterocycles. The summed E-state index contributed by atoms with van der Waals surface area (Å²) in [5, 5.41) is 8.12. The molecule has 0 unspecified atom stereocenters. The topological polar surface area (TPSA) is 49.6 Å². The van der Waals surface area contributed by atoms with Gasteiger partial charge in [0.25, 0.3) is 0 Å². The molecule has 0 radical (unpaired) electrons. The molecule has 3 heteroatoms. The van der Waals surface area contributed by atoms with Gasteiger partial charge in [-0.2, -0.15) is 5.26 Å². The van der Waals surface area contributed by atoms with E-state index in [1.54, 1.807) is 18.3 Å². The summed E-state index contributed by atoms with van der Waals surface area (Å²) in [4.78, 5) is 7.82. The first kappa shape index (κ1) is 7.24. The van der Waals surface area contributed by atoms with Gasteiger partial charge in [-0.25, -0.2) is 9.97 Å². The summed E-state index contributed by atoms with van der Waals surface area (Å²) >= 11 is 0. The fourth-order valence-electron chi connectivity index (χ4n) is 0.593. The van der Waals surface area contributed by atoms with Crippen LogP contribution in [0, 0.1) is 30.1 Å². The predicted octanol–water partition coefficient (Wildman–Crippen LogP) is 0.660. The van der Waals surface area contributed by atoms with E-state index in [1.807, 2.05) is 6.92 Å². The summed E-state index contributed by atoms with van der Waals surface area (Å²) in [7, 11) is 0. The highest BCUT2D eigenvalue weighted by Gasteiger charge is 1.88. The van der Waals surface area contributed by atoms with Gasteiger partial charge in [0.2, 0.25) is 5.82 Å². The minimum Gasteiger partial charge on any atom is -0.229 e. The van der Waals surface area contributed by atoms with Gasteiger partial charge in [-0.15, -0.1) is 0 Å². The van der Waals surface area contributed by atoms with Gasteiger partial charge in [0.05, 0.1) is 0 Å². The number of nitrogens with zero attached hydrogens (tertiary/aromatic N) is 3. The van der Waals surface area contributed by atoms with Crippen LogP contribution in [0.4, 0.5) is 0 Å². The summed E-state index contributed by atoms with van der Waals surface area (Å²) < 4.78 is 0. The van der Waals surface area contributed by atoms with Crippen LogP contribution in [0.3, 0.4) is 0 Å². The molecule has 3 nitrogen and oxygen atoms in total. The summed E-state index contributed by atoms with van der Waals surface area (Å²) in [5.41, 5.74) is 0.849. The lowest BCUT2D eigenvalue weighted by Crippen LogP contribution is -1.89. The van der Waals surface area contributed by atoms with Crippen molar-refractivity contribution in [1.29, 1.82) is 5.26 Å². The lowest BCUT2D eigenvalue weighted by molar-refractivity contribution is 1.07. The fraction of sp³-hybridized carbons (Fsp3) is 0.125. The molecule has 1 aromatic rings. The number of rotatable bonds is 0. The van der Waals surface area contributed by atoms with E-state index in [4.69, 9.17) is 5.26 Å². The summed E-state index contributed by atoms with van der Waals surface area (Å²) in [6.45, 7) is 1.85. The van der Waals surface area contributed by atoms with E-state index in [9.17, 15) is 0 Å². The van der Waals surface area contributed by atoms with Crippen LogP contribution in [-0.4, -0.2) is 9.97 Å². The molecule has 0 amide bonds. The SMILES string of the molecule is Cc1ccnc(C#CC#N)n1. The smallest absolute Gasteiger partial charge is 0.206 e. The number of aromatic nitrogens is 2. The van der Waals surface area contributed by atoms with Gasteiger partial charge in [0.1, 0.15) is 0 Å². The normalized spacial score (nSPS) is 7.64. The average molecular weight is 143 g/mol. The van der Waals surface area contributed by atoms with Crippen LogP contribution < -0.4 is 0 Å². The molecule has 0 spiro atoms. The average Bonchev–Trinajstić information content (AvgIpc) is 2.01. The van der Waals surface area contributed by atoms with Crippen molar-refractivity contribution in [2.75, 3.05) is 0 Å². The predicted molar refractivity (Wildman–Crippen MR) is 39.3 cm³/mol. The Kier molecular flexibility index (Phi) is 2.20. The summed E-state index contributed by atoms with van der Waals surface area (Å²) in [6, 6.07) is 3.47. The molecular formula is C8H5N3. The zero-order chi connectivity index (χ0) is 8.10. The Morgan fingerprint density at radius 1 is 1.55 bits per heavy atom. The second-order valence-corrected chi connectivity index (χ2v) is 1.88. The molecule has 0 saturated heterocycles. The van der Waals surface area contributed by atoms with Crippen LogP contribution >= 0.6 is 0 Å². The number of hydrogen-bond donors (Lipinski definition) is 0. The van der Waals surface area contributed by atoms with Gasteiger partial charge in [-0.05, 0) is 18.9 Å². The largest absolute Gasteiger partial charge is 0.229 e. The van der Waals surface area contributed by atoms with E-state index in [2.05, 4.69) is 21.8 Å². The van der Waals surface area contributed by atoms with Crippen LogP contribution in [0.5, 0.6) is 0 Å². The highest BCUT2D eigenvalue weighted by atomic mass is 14.9. The standard InChI is InChI=1S/C8H5N3/c1-7-4-6-10-8(11-7)3-2-5-9/h4,6H,1H3. The van der Waals surface area contributed by atoms with Crippen LogP contribution in [0.2, 0.25) is 0 Å². The maximum absolute atomic E-state index is 8.12.